The van der Waals surface area contributed by atoms with E-state index in [9.17, 15) is 34.8 Å². The summed E-state index contributed by atoms with van der Waals surface area (Å²) in [5, 5.41) is 45.7. The van der Waals surface area contributed by atoms with Crippen LogP contribution in [0.15, 0.2) is 29.0 Å². The van der Waals surface area contributed by atoms with Gasteiger partial charge in [0.05, 0.1) is 18.7 Å². The van der Waals surface area contributed by atoms with Gasteiger partial charge in [0, 0.05) is 25.1 Å². The number of fused-ring (bicyclic) bond motifs is 3. The minimum atomic E-state index is -2.64. The number of likely N-dealkylation sites (N-methyl/N-ethyl adjacent to an activating group) is 1. The van der Waals surface area contributed by atoms with E-state index in [-0.39, 0.29) is 29.7 Å². The molecule has 6 N–H and O–H groups in total. The molecule has 4 rings (SSSR count). The fourth-order valence-corrected chi connectivity index (χ4v) is 5.76. The number of aliphatic hydroxyl groups excluding tert-OH is 2. The number of phenolic OH excluding ortho intramolecular Hbond substituents is 1. The maximum Gasteiger partial charge on any atom is 0.255 e. The zero-order chi connectivity index (χ0) is 26.0. The molecule has 3 aliphatic rings. The Hall–Kier alpha value is -3.25. The second-order valence-corrected chi connectivity index (χ2v) is 9.53. The lowest BCUT2D eigenvalue weighted by Crippen LogP contribution is -2.65. The summed E-state index contributed by atoms with van der Waals surface area (Å²) in [4.78, 5) is 45.5. The number of hydrogen-bond donors (Lipinski definition) is 5. The normalized spacial score (nSPS) is 28.4. The Balaban J connectivity index is 1.94. The number of hydroxylamine groups is 2. The van der Waals surface area contributed by atoms with E-state index in [1.807, 2.05) is 0 Å². The summed E-state index contributed by atoms with van der Waals surface area (Å²) < 4.78 is 0. The summed E-state index contributed by atoms with van der Waals surface area (Å²) in [5.41, 5.74) is 3.09. The first-order valence-corrected chi connectivity index (χ1v) is 11.1. The van der Waals surface area contributed by atoms with E-state index in [4.69, 9.17) is 10.6 Å². The molecule has 3 aliphatic carbocycles. The van der Waals surface area contributed by atoms with Crippen molar-refractivity contribution in [3.63, 3.8) is 0 Å². The van der Waals surface area contributed by atoms with Crippen molar-refractivity contribution in [3.8, 4) is 5.75 Å². The van der Waals surface area contributed by atoms with Crippen molar-refractivity contribution < 1.29 is 39.6 Å². The molecule has 0 saturated heterocycles. The van der Waals surface area contributed by atoms with Gasteiger partial charge in [-0.15, -0.1) is 0 Å². The first-order chi connectivity index (χ1) is 16.4. The Labute approximate surface area is 201 Å². The average molecular weight is 488 g/mol. The molecule has 4 unspecified atom stereocenters. The maximum absolute atomic E-state index is 13.8. The van der Waals surface area contributed by atoms with Gasteiger partial charge >= 0.3 is 0 Å². The number of ketones is 2. The molecule has 1 fully saturated rings. The number of rotatable bonds is 5. The van der Waals surface area contributed by atoms with Crippen molar-refractivity contribution >= 4 is 23.2 Å². The van der Waals surface area contributed by atoms with Gasteiger partial charge in [0.2, 0.25) is 5.78 Å². The number of nitrogens with two attached hydrogens (primary N) is 1. The molecule has 1 saturated carbocycles. The highest BCUT2D eigenvalue weighted by Gasteiger charge is 2.64. The van der Waals surface area contributed by atoms with Crippen LogP contribution in [0.3, 0.4) is 0 Å². The third-order valence-electron chi connectivity index (χ3n) is 7.41. The molecule has 1 amide bonds. The van der Waals surface area contributed by atoms with Crippen molar-refractivity contribution in [1.82, 2.24) is 9.96 Å². The molecule has 0 spiro atoms. The predicted octanol–water partition coefficient (Wildman–Crippen LogP) is -0.0428. The Morgan fingerprint density at radius 2 is 1.86 bits per heavy atom. The zero-order valence-electron chi connectivity index (χ0n) is 19.9. The lowest BCUT2D eigenvalue weighted by molar-refractivity contribution is -0.153. The second kappa shape index (κ2) is 8.45. The van der Waals surface area contributed by atoms with Crippen LogP contribution in [0.4, 0.5) is 0 Å². The van der Waals surface area contributed by atoms with Crippen LogP contribution in [-0.4, -0.2) is 87.8 Å². The minimum absolute atomic E-state index is 0.0426. The maximum atomic E-state index is 13.8. The topological polar surface area (TPSA) is 174 Å². The van der Waals surface area contributed by atoms with Gasteiger partial charge in [0.25, 0.3) is 5.91 Å². The highest BCUT2D eigenvalue weighted by Crippen LogP contribution is 2.52. The fraction of sp³-hybridized carbons (Fsp3) is 0.458. The summed E-state index contributed by atoms with van der Waals surface area (Å²) >= 11 is 0. The van der Waals surface area contributed by atoms with Crippen LogP contribution in [0.2, 0.25) is 0 Å². The van der Waals surface area contributed by atoms with Crippen molar-refractivity contribution in [3.05, 3.63) is 45.7 Å². The Morgan fingerprint density at radius 1 is 1.20 bits per heavy atom. The number of aliphatic hydroxyl groups is 3. The van der Waals surface area contributed by atoms with Crippen LogP contribution >= 0.6 is 0 Å². The molecule has 4 atom stereocenters. The van der Waals surface area contributed by atoms with Crippen molar-refractivity contribution in [2.45, 2.75) is 31.0 Å². The molecule has 0 radical (unpaired) electrons. The van der Waals surface area contributed by atoms with E-state index in [2.05, 4.69) is 0 Å². The number of Topliss-reactive ketones (excluding diaryl/α,β-unsaturated/α-hetero) is 2. The minimum Gasteiger partial charge on any atom is -0.508 e. The molecule has 35 heavy (non-hydrogen) atoms. The standard InChI is InChI=1S/C24H29N3O8/c1-26(2)18-13-8-11-7-12-10(9-27(3)35-4)5-6-14(28)16(12)19(29)15(11)21(31)24(13,34)22(32)17(20(18)30)23(25)33/h5-6,11,13,18,28-29,32,34H,7-9H2,1-4H3,(H2,25,33). The molecule has 0 aromatic heterocycles. The lowest BCUT2D eigenvalue weighted by Gasteiger charge is -2.50. The first-order valence-electron chi connectivity index (χ1n) is 11.1. The van der Waals surface area contributed by atoms with E-state index in [1.165, 1.54) is 18.1 Å². The molecule has 1 aromatic rings. The number of phenols is 1. The number of aromatic hydroxyl groups is 1. The van der Waals surface area contributed by atoms with Crippen LogP contribution in [0.5, 0.6) is 5.75 Å². The summed E-state index contributed by atoms with van der Waals surface area (Å²) in [6.45, 7) is 0.333. The van der Waals surface area contributed by atoms with Crippen LogP contribution in [0.1, 0.15) is 23.1 Å². The van der Waals surface area contributed by atoms with Gasteiger partial charge in [-0.3, -0.25) is 19.3 Å². The summed E-state index contributed by atoms with van der Waals surface area (Å²) in [7, 11) is 6.34. The highest BCUT2D eigenvalue weighted by atomic mass is 16.7. The number of nitrogens with zero attached hydrogens (tertiary/aromatic N) is 2. The molecule has 11 nitrogen and oxygen atoms in total. The monoisotopic (exact) mass is 487 g/mol. The Kier molecular flexibility index (Phi) is 6.00. The van der Waals surface area contributed by atoms with E-state index in [0.717, 1.165) is 5.56 Å². The van der Waals surface area contributed by atoms with Gasteiger partial charge in [-0.25, -0.2) is 0 Å². The number of amides is 1. The SMILES string of the molecule is CON(C)Cc1ccc(O)c2c1CC1CC3C(N(C)C)C(=O)C(C(N)=O)=C(O)C3(O)C(=O)C1=C2O. The van der Waals surface area contributed by atoms with Crippen molar-refractivity contribution in [2.75, 3.05) is 28.3 Å². The molecule has 1 aromatic carbocycles. The van der Waals surface area contributed by atoms with Crippen LogP contribution in [-0.2, 0) is 32.2 Å². The Morgan fingerprint density at radius 3 is 2.43 bits per heavy atom. The van der Waals surface area contributed by atoms with Crippen LogP contribution in [0.25, 0.3) is 5.76 Å². The highest BCUT2D eigenvalue weighted by molar-refractivity contribution is 6.24. The van der Waals surface area contributed by atoms with Gasteiger partial charge < -0.3 is 31.0 Å². The zero-order valence-corrected chi connectivity index (χ0v) is 19.9. The molecular formula is C24H29N3O8. The quantitative estimate of drug-likeness (QED) is 0.280. The van der Waals surface area contributed by atoms with Gasteiger partial charge in [0.1, 0.15) is 22.8 Å². The number of carbonyl (C=O) groups is 3. The van der Waals surface area contributed by atoms with Gasteiger partial charge in [-0.1, -0.05) is 6.07 Å². The van der Waals surface area contributed by atoms with Crippen LogP contribution in [0, 0.1) is 11.8 Å². The van der Waals surface area contributed by atoms with E-state index in [1.54, 1.807) is 32.3 Å². The third kappa shape index (κ3) is 3.46. The smallest absolute Gasteiger partial charge is 0.255 e. The average Bonchev–Trinajstić information content (AvgIpc) is 2.77. The van der Waals surface area contributed by atoms with E-state index in [0.29, 0.717) is 12.1 Å². The first kappa shape index (κ1) is 24.9. The molecule has 0 heterocycles. The number of carbonyl (C=O) groups excluding carboxylic acids is 3. The number of primary amides is 1. The molecule has 0 bridgehead atoms. The molecular weight excluding hydrogens is 458 g/mol. The number of hydrogen-bond acceptors (Lipinski definition) is 10. The largest absolute Gasteiger partial charge is 0.508 e. The van der Waals surface area contributed by atoms with Crippen molar-refractivity contribution in [1.29, 1.82) is 0 Å². The van der Waals surface area contributed by atoms with E-state index >= 15 is 0 Å². The van der Waals surface area contributed by atoms with Gasteiger partial charge in [-0.2, -0.15) is 5.06 Å². The fourth-order valence-electron chi connectivity index (χ4n) is 5.76. The third-order valence-corrected chi connectivity index (χ3v) is 7.41. The Bertz CT molecular complexity index is 1200. The molecule has 11 heteroatoms. The van der Waals surface area contributed by atoms with Crippen molar-refractivity contribution in [2.24, 2.45) is 17.6 Å². The summed E-state index contributed by atoms with van der Waals surface area (Å²) in [6.07, 6.45) is 0.275. The molecule has 188 valence electrons. The lowest BCUT2D eigenvalue weighted by atomic mass is 9.57. The van der Waals surface area contributed by atoms with Gasteiger partial charge in [-0.05, 0) is 50.0 Å². The predicted molar refractivity (Wildman–Crippen MR) is 123 cm³/mol. The van der Waals surface area contributed by atoms with Gasteiger partial charge in [0.15, 0.2) is 11.4 Å². The summed E-state index contributed by atoms with van der Waals surface area (Å²) in [6, 6.07) is 1.98. The second-order valence-electron chi connectivity index (χ2n) is 9.53. The van der Waals surface area contributed by atoms with E-state index < -0.39 is 58.0 Å². The van der Waals surface area contributed by atoms with Crippen LogP contribution < -0.4 is 5.73 Å². The molecule has 0 aliphatic heterocycles. The summed E-state index contributed by atoms with van der Waals surface area (Å²) in [5.74, 6) is -6.68. The number of benzene rings is 1.